The van der Waals surface area contributed by atoms with Crippen LogP contribution in [-0.4, -0.2) is 5.78 Å². The molecule has 0 aliphatic heterocycles. The number of carbonyl (C=O) groups is 1. The third-order valence-corrected chi connectivity index (χ3v) is 2.25. The maximum atomic E-state index is 11.2. The quantitative estimate of drug-likeness (QED) is 0.556. The topological polar surface area (TPSA) is 43.1 Å². The van der Waals surface area contributed by atoms with Crippen LogP contribution in [0.5, 0.6) is 0 Å². The van der Waals surface area contributed by atoms with E-state index in [2.05, 4.69) is 0 Å². The maximum Gasteiger partial charge on any atom is 0.160 e. The van der Waals surface area contributed by atoms with Crippen molar-refractivity contribution in [1.82, 2.24) is 0 Å². The molecule has 1 aromatic carbocycles. The molecule has 1 aromatic rings. The molecule has 2 heteroatoms. The Kier molecular flexibility index (Phi) is 2.71. The fraction of sp³-hybridized carbons (Fsp3) is 0.364. The van der Waals surface area contributed by atoms with E-state index in [0.717, 1.165) is 28.8 Å². The van der Waals surface area contributed by atoms with Crippen LogP contribution in [-0.2, 0) is 6.42 Å². The van der Waals surface area contributed by atoms with Crippen molar-refractivity contribution in [3.05, 3.63) is 28.8 Å². The largest absolute Gasteiger partial charge is 0.399 e. The number of aryl methyl sites for hydroxylation is 2. The van der Waals surface area contributed by atoms with Crippen LogP contribution in [0.15, 0.2) is 12.1 Å². The van der Waals surface area contributed by atoms with Crippen molar-refractivity contribution in [2.45, 2.75) is 27.2 Å². The minimum absolute atomic E-state index is 0.111. The first kappa shape index (κ1) is 9.78. The molecule has 2 N–H and O–H groups in total. The minimum atomic E-state index is 0.111. The van der Waals surface area contributed by atoms with E-state index >= 15 is 0 Å². The molecule has 0 saturated carbocycles. The molecule has 0 saturated heterocycles. The van der Waals surface area contributed by atoms with Crippen LogP contribution in [0.25, 0.3) is 0 Å². The third-order valence-electron chi connectivity index (χ3n) is 2.25. The Labute approximate surface area is 78.8 Å². The summed E-state index contributed by atoms with van der Waals surface area (Å²) in [5.74, 6) is 0.111. The molecule has 0 heterocycles. The summed E-state index contributed by atoms with van der Waals surface area (Å²) in [6.45, 7) is 5.53. The zero-order chi connectivity index (χ0) is 10.0. The maximum absolute atomic E-state index is 11.2. The summed E-state index contributed by atoms with van der Waals surface area (Å²) in [6, 6.07) is 3.77. The number of benzene rings is 1. The molecule has 0 fully saturated rings. The summed E-state index contributed by atoms with van der Waals surface area (Å²) < 4.78 is 0. The molecular weight excluding hydrogens is 162 g/mol. The van der Waals surface area contributed by atoms with Crippen LogP contribution in [0.3, 0.4) is 0 Å². The zero-order valence-electron chi connectivity index (χ0n) is 8.35. The molecule has 13 heavy (non-hydrogen) atoms. The smallest absolute Gasteiger partial charge is 0.160 e. The summed E-state index contributed by atoms with van der Waals surface area (Å²) in [6.07, 6.45) is 0.847. The van der Waals surface area contributed by atoms with Crippen LogP contribution in [0.4, 0.5) is 5.69 Å². The normalized spacial score (nSPS) is 10.1. The van der Waals surface area contributed by atoms with Crippen LogP contribution < -0.4 is 5.73 Å². The Bertz CT molecular complexity index is 342. The van der Waals surface area contributed by atoms with Gasteiger partial charge in [0.25, 0.3) is 0 Å². The van der Waals surface area contributed by atoms with Crippen molar-refractivity contribution in [2.24, 2.45) is 0 Å². The van der Waals surface area contributed by atoms with E-state index in [4.69, 9.17) is 5.73 Å². The van der Waals surface area contributed by atoms with Gasteiger partial charge in [0.2, 0.25) is 0 Å². The lowest BCUT2D eigenvalue weighted by Crippen LogP contribution is -2.02. The van der Waals surface area contributed by atoms with Crippen molar-refractivity contribution >= 4 is 11.5 Å². The van der Waals surface area contributed by atoms with Crippen molar-refractivity contribution in [3.8, 4) is 0 Å². The van der Waals surface area contributed by atoms with Gasteiger partial charge in [0.1, 0.15) is 0 Å². The number of nitrogens with two attached hydrogens (primary N) is 1. The monoisotopic (exact) mass is 177 g/mol. The predicted octanol–water partition coefficient (Wildman–Crippen LogP) is 2.34. The highest BCUT2D eigenvalue weighted by Crippen LogP contribution is 2.19. The van der Waals surface area contributed by atoms with E-state index in [1.807, 2.05) is 26.0 Å². The standard InChI is InChI=1S/C11H15NO/c1-4-9-6-11(12)7(2)5-10(9)8(3)13/h5-6H,4,12H2,1-3H3. The molecule has 2 nitrogen and oxygen atoms in total. The summed E-state index contributed by atoms with van der Waals surface area (Å²) in [5.41, 5.74) is 9.33. The number of nitrogen functional groups attached to an aromatic ring is 1. The van der Waals surface area contributed by atoms with E-state index < -0.39 is 0 Å². The molecule has 0 amide bonds. The Balaban J connectivity index is 3.33. The average molecular weight is 177 g/mol. The molecule has 0 atom stereocenters. The second-order valence-electron chi connectivity index (χ2n) is 3.28. The molecule has 0 aromatic heterocycles. The Morgan fingerprint density at radius 3 is 2.54 bits per heavy atom. The van der Waals surface area contributed by atoms with Crippen molar-refractivity contribution < 1.29 is 4.79 Å². The summed E-state index contributed by atoms with van der Waals surface area (Å²) in [5, 5.41) is 0. The number of hydrogen-bond donors (Lipinski definition) is 1. The fourth-order valence-electron chi connectivity index (χ4n) is 1.39. The van der Waals surface area contributed by atoms with Crippen molar-refractivity contribution in [2.75, 3.05) is 5.73 Å². The Morgan fingerprint density at radius 1 is 1.46 bits per heavy atom. The minimum Gasteiger partial charge on any atom is -0.399 e. The lowest BCUT2D eigenvalue weighted by molar-refractivity contribution is 0.101. The van der Waals surface area contributed by atoms with Crippen LogP contribution in [0, 0.1) is 6.92 Å². The average Bonchev–Trinajstić information content (AvgIpc) is 2.08. The van der Waals surface area contributed by atoms with E-state index in [0.29, 0.717) is 0 Å². The van der Waals surface area contributed by atoms with Crippen LogP contribution in [0.1, 0.15) is 35.3 Å². The molecule has 0 aliphatic carbocycles. The molecule has 1 rings (SSSR count). The predicted molar refractivity (Wildman–Crippen MR) is 55.0 cm³/mol. The number of carbonyl (C=O) groups excluding carboxylic acids is 1. The van der Waals surface area contributed by atoms with E-state index in [-0.39, 0.29) is 5.78 Å². The van der Waals surface area contributed by atoms with Gasteiger partial charge in [0.15, 0.2) is 5.78 Å². The summed E-state index contributed by atoms with van der Waals surface area (Å²) >= 11 is 0. The van der Waals surface area contributed by atoms with Gasteiger partial charge in [0.05, 0.1) is 0 Å². The van der Waals surface area contributed by atoms with Crippen LogP contribution in [0.2, 0.25) is 0 Å². The van der Waals surface area contributed by atoms with Gasteiger partial charge in [-0.3, -0.25) is 4.79 Å². The van der Waals surface area contributed by atoms with E-state index in [1.165, 1.54) is 0 Å². The van der Waals surface area contributed by atoms with Gasteiger partial charge in [-0.05, 0) is 43.5 Å². The molecule has 0 aliphatic rings. The number of Topliss-reactive ketones (excluding diaryl/α,β-unsaturated/α-hetero) is 1. The summed E-state index contributed by atoms with van der Waals surface area (Å²) in [4.78, 5) is 11.2. The molecular formula is C11H15NO. The number of rotatable bonds is 2. The number of ketones is 1. The SMILES string of the molecule is CCc1cc(N)c(C)cc1C(C)=O. The molecule has 0 radical (unpaired) electrons. The van der Waals surface area contributed by atoms with Crippen molar-refractivity contribution in [3.63, 3.8) is 0 Å². The highest BCUT2D eigenvalue weighted by Gasteiger charge is 2.07. The second kappa shape index (κ2) is 3.60. The molecule has 0 unspecified atom stereocenters. The number of anilines is 1. The van der Waals surface area contributed by atoms with Gasteiger partial charge in [-0.15, -0.1) is 0 Å². The van der Waals surface area contributed by atoms with Gasteiger partial charge in [-0.1, -0.05) is 6.92 Å². The first-order valence-corrected chi connectivity index (χ1v) is 4.46. The highest BCUT2D eigenvalue weighted by molar-refractivity contribution is 5.96. The van der Waals surface area contributed by atoms with E-state index in [9.17, 15) is 4.79 Å². The Hall–Kier alpha value is -1.31. The molecule has 0 bridgehead atoms. The Morgan fingerprint density at radius 2 is 2.08 bits per heavy atom. The lowest BCUT2D eigenvalue weighted by atomic mass is 9.98. The van der Waals surface area contributed by atoms with Gasteiger partial charge in [0, 0.05) is 11.3 Å². The van der Waals surface area contributed by atoms with E-state index in [1.54, 1.807) is 6.92 Å². The summed E-state index contributed by atoms with van der Waals surface area (Å²) in [7, 11) is 0. The molecule has 70 valence electrons. The van der Waals surface area contributed by atoms with Crippen molar-refractivity contribution in [1.29, 1.82) is 0 Å². The number of hydrogen-bond acceptors (Lipinski definition) is 2. The zero-order valence-corrected chi connectivity index (χ0v) is 8.35. The fourth-order valence-corrected chi connectivity index (χ4v) is 1.39. The third kappa shape index (κ3) is 1.89. The van der Waals surface area contributed by atoms with Gasteiger partial charge >= 0.3 is 0 Å². The highest BCUT2D eigenvalue weighted by atomic mass is 16.1. The lowest BCUT2D eigenvalue weighted by Gasteiger charge is -2.08. The van der Waals surface area contributed by atoms with Gasteiger partial charge in [-0.2, -0.15) is 0 Å². The first-order chi connectivity index (χ1) is 6.06. The molecule has 0 spiro atoms. The van der Waals surface area contributed by atoms with Crippen LogP contribution >= 0.6 is 0 Å². The first-order valence-electron chi connectivity index (χ1n) is 4.46. The second-order valence-corrected chi connectivity index (χ2v) is 3.28. The van der Waals surface area contributed by atoms with Gasteiger partial charge < -0.3 is 5.73 Å². The van der Waals surface area contributed by atoms with Gasteiger partial charge in [-0.25, -0.2) is 0 Å².